The van der Waals surface area contributed by atoms with Gasteiger partial charge in [-0.05, 0) is 35.8 Å². The summed E-state index contributed by atoms with van der Waals surface area (Å²) in [5.41, 5.74) is 2.47. The first-order valence-corrected chi connectivity index (χ1v) is 11.4. The number of carboxylic acid groups (broad SMARTS) is 1. The monoisotopic (exact) mass is 451 g/mol. The zero-order valence-corrected chi connectivity index (χ0v) is 18.8. The van der Waals surface area contributed by atoms with Crippen LogP contribution in [0.5, 0.6) is 0 Å². The van der Waals surface area contributed by atoms with E-state index >= 15 is 0 Å². The highest BCUT2D eigenvalue weighted by atomic mass is 32.1. The number of rotatable bonds is 6. The Kier molecular flexibility index (Phi) is 6.48. The van der Waals surface area contributed by atoms with E-state index in [-0.39, 0.29) is 11.1 Å². The van der Waals surface area contributed by atoms with E-state index in [1.807, 2.05) is 29.2 Å². The van der Waals surface area contributed by atoms with Gasteiger partial charge < -0.3 is 15.3 Å². The van der Waals surface area contributed by atoms with Crippen molar-refractivity contribution in [2.45, 2.75) is 19.8 Å². The van der Waals surface area contributed by atoms with Crippen LogP contribution < -0.4 is 15.8 Å². The number of nitrogens with one attached hydrogen (secondary N) is 1. The molecule has 1 fully saturated rings. The summed E-state index contributed by atoms with van der Waals surface area (Å²) in [6.07, 6.45) is 7.90. The molecule has 32 heavy (non-hydrogen) atoms. The predicted octanol–water partition coefficient (Wildman–Crippen LogP) is 2.95. The molecule has 2 N–H and O–H groups in total. The number of pyridine rings is 1. The van der Waals surface area contributed by atoms with Crippen LogP contribution in [0.25, 0.3) is 23.9 Å². The topological polar surface area (TPSA) is 99.8 Å². The molecule has 8 nitrogen and oxygen atoms in total. The first-order valence-electron chi connectivity index (χ1n) is 10.5. The molecule has 9 heteroatoms. The lowest BCUT2D eigenvalue weighted by molar-refractivity contribution is -0.131. The molecule has 0 radical (unpaired) electrons. The van der Waals surface area contributed by atoms with Gasteiger partial charge in [0.15, 0.2) is 0 Å². The fourth-order valence-corrected chi connectivity index (χ4v) is 4.36. The van der Waals surface area contributed by atoms with Gasteiger partial charge in [0.05, 0.1) is 11.3 Å². The third-order valence-corrected chi connectivity index (χ3v) is 6.06. The quantitative estimate of drug-likeness (QED) is 0.556. The number of anilines is 1. The Balaban J connectivity index is 1.74. The number of thiazole rings is 1. The van der Waals surface area contributed by atoms with E-state index in [0.717, 1.165) is 35.4 Å². The van der Waals surface area contributed by atoms with Crippen LogP contribution >= 0.6 is 11.3 Å². The number of aliphatic carboxylic acids is 1. The first kappa shape index (κ1) is 21.9. The molecule has 3 aromatic rings. The molecule has 0 atom stereocenters. The fourth-order valence-electron chi connectivity index (χ4n) is 3.49. The molecule has 0 bridgehead atoms. The molecule has 4 heterocycles. The van der Waals surface area contributed by atoms with Crippen LogP contribution in [-0.4, -0.2) is 51.6 Å². The number of nitrogens with zero attached hydrogens (tertiary/aromatic N) is 4. The second kappa shape index (κ2) is 9.46. The smallest absolute Gasteiger partial charge is 0.328 e. The van der Waals surface area contributed by atoms with Crippen LogP contribution in [0.15, 0.2) is 34.6 Å². The van der Waals surface area contributed by atoms with Crippen molar-refractivity contribution in [1.29, 1.82) is 0 Å². The van der Waals surface area contributed by atoms with Crippen LogP contribution in [0.3, 0.4) is 0 Å². The number of hydrogen-bond donors (Lipinski definition) is 2. The van der Waals surface area contributed by atoms with Crippen LogP contribution in [0.4, 0.5) is 5.82 Å². The average Bonchev–Trinajstić information content (AvgIpc) is 3.27. The molecule has 0 unspecified atom stereocenters. The molecule has 0 amide bonds. The maximum atomic E-state index is 13.2. The predicted molar refractivity (Wildman–Crippen MR) is 128 cm³/mol. The lowest BCUT2D eigenvalue weighted by atomic mass is 10.2. The second-order valence-electron chi connectivity index (χ2n) is 7.85. The van der Waals surface area contributed by atoms with E-state index in [4.69, 9.17) is 10.1 Å². The van der Waals surface area contributed by atoms with Gasteiger partial charge >= 0.3 is 5.97 Å². The van der Waals surface area contributed by atoms with Gasteiger partial charge in [-0.2, -0.15) is 0 Å². The van der Waals surface area contributed by atoms with Crippen molar-refractivity contribution in [1.82, 2.24) is 19.7 Å². The van der Waals surface area contributed by atoms with Crippen molar-refractivity contribution in [3.05, 3.63) is 62.0 Å². The van der Waals surface area contributed by atoms with Crippen molar-refractivity contribution in [3.63, 3.8) is 0 Å². The largest absolute Gasteiger partial charge is 0.478 e. The van der Waals surface area contributed by atoms with Gasteiger partial charge in [-0.25, -0.2) is 14.8 Å². The highest BCUT2D eigenvalue weighted by Crippen LogP contribution is 2.21. The molecular weight excluding hydrogens is 426 g/mol. The Hall–Kier alpha value is -3.30. The number of carbonyl (C=O) groups is 1. The SMILES string of the molecule is CC(C)c1csc(C=Cc2ccn3c(=O)c(C=CC(=O)O)c(N4CCNCC4)nc3c2)n1. The molecule has 4 rings (SSSR count). The summed E-state index contributed by atoms with van der Waals surface area (Å²) in [6.45, 7) is 7.17. The van der Waals surface area contributed by atoms with Crippen molar-refractivity contribution in [2.24, 2.45) is 0 Å². The molecule has 0 aliphatic carbocycles. The standard InChI is InChI=1S/C23H25N5O3S/c1-15(2)18-14-32-20(25-18)5-3-16-7-10-28-19(13-16)26-22(27-11-8-24-9-12-27)17(23(28)31)4-6-21(29)30/h3-7,10,13-15,24H,8-9,11-12H2,1-2H3,(H,29,30). The summed E-state index contributed by atoms with van der Waals surface area (Å²) in [4.78, 5) is 35.6. The maximum Gasteiger partial charge on any atom is 0.328 e. The second-order valence-corrected chi connectivity index (χ2v) is 8.74. The van der Waals surface area contributed by atoms with Crippen molar-refractivity contribution < 1.29 is 9.90 Å². The minimum atomic E-state index is -1.11. The Labute approximate surface area is 189 Å². The van der Waals surface area contributed by atoms with E-state index in [9.17, 15) is 9.59 Å². The Morgan fingerprint density at radius 2 is 2.00 bits per heavy atom. The number of aromatic nitrogens is 3. The Morgan fingerprint density at radius 3 is 2.69 bits per heavy atom. The molecule has 0 aromatic carbocycles. The zero-order chi connectivity index (χ0) is 22.7. The molecule has 1 saturated heterocycles. The summed E-state index contributed by atoms with van der Waals surface area (Å²) in [6, 6.07) is 3.68. The van der Waals surface area contributed by atoms with E-state index in [1.165, 1.54) is 10.5 Å². The summed E-state index contributed by atoms with van der Waals surface area (Å²) in [7, 11) is 0. The third-order valence-electron chi connectivity index (χ3n) is 5.23. The lowest BCUT2D eigenvalue weighted by Gasteiger charge is -2.29. The number of fused-ring (bicyclic) bond motifs is 1. The summed E-state index contributed by atoms with van der Waals surface area (Å²) in [5.74, 6) is -0.210. The van der Waals surface area contributed by atoms with Crippen molar-refractivity contribution in [3.8, 4) is 0 Å². The average molecular weight is 452 g/mol. The highest BCUT2D eigenvalue weighted by molar-refractivity contribution is 7.10. The van der Waals surface area contributed by atoms with Gasteiger partial charge in [0.1, 0.15) is 16.5 Å². The number of hydrogen-bond acceptors (Lipinski definition) is 7. The highest BCUT2D eigenvalue weighted by Gasteiger charge is 2.19. The van der Waals surface area contributed by atoms with Crippen molar-refractivity contribution >= 4 is 47.0 Å². The number of piperazine rings is 1. The fraction of sp³-hybridized carbons (Fsp3) is 0.304. The van der Waals surface area contributed by atoms with Gasteiger partial charge in [-0.15, -0.1) is 11.3 Å². The number of carboxylic acids is 1. The minimum absolute atomic E-state index is 0.277. The maximum absolute atomic E-state index is 13.2. The van der Waals surface area contributed by atoms with Gasteiger partial charge in [-0.3, -0.25) is 9.20 Å². The normalized spacial score (nSPS) is 14.9. The summed E-state index contributed by atoms with van der Waals surface area (Å²) < 4.78 is 1.45. The first-order chi connectivity index (χ1) is 15.4. The van der Waals surface area contributed by atoms with E-state index in [0.29, 0.717) is 30.5 Å². The summed E-state index contributed by atoms with van der Waals surface area (Å²) in [5, 5.41) is 15.3. The van der Waals surface area contributed by atoms with Gasteiger partial charge in [0.2, 0.25) is 0 Å². The summed E-state index contributed by atoms with van der Waals surface area (Å²) >= 11 is 1.60. The molecular formula is C23H25N5O3S. The van der Waals surface area contributed by atoms with Crippen molar-refractivity contribution in [2.75, 3.05) is 31.1 Å². The molecule has 1 aliphatic rings. The van der Waals surface area contributed by atoms with Gasteiger partial charge in [0, 0.05) is 43.8 Å². The molecule has 3 aromatic heterocycles. The van der Waals surface area contributed by atoms with Gasteiger partial charge in [-0.1, -0.05) is 19.9 Å². The lowest BCUT2D eigenvalue weighted by Crippen LogP contribution is -2.45. The Bertz CT molecular complexity index is 1250. The van der Waals surface area contributed by atoms with E-state index < -0.39 is 5.97 Å². The van der Waals surface area contributed by atoms with Crippen LogP contribution in [0.1, 0.15) is 41.6 Å². The van der Waals surface area contributed by atoms with E-state index in [1.54, 1.807) is 17.5 Å². The molecule has 166 valence electrons. The zero-order valence-electron chi connectivity index (χ0n) is 18.0. The molecule has 1 aliphatic heterocycles. The van der Waals surface area contributed by atoms with Gasteiger partial charge in [0.25, 0.3) is 5.56 Å². The van der Waals surface area contributed by atoms with E-state index in [2.05, 4.69) is 29.5 Å². The minimum Gasteiger partial charge on any atom is -0.478 e. The van der Waals surface area contributed by atoms with Crippen LogP contribution in [-0.2, 0) is 4.79 Å². The molecule has 0 saturated carbocycles. The Morgan fingerprint density at radius 1 is 1.22 bits per heavy atom. The van der Waals surface area contributed by atoms with Crippen LogP contribution in [0.2, 0.25) is 0 Å². The molecule has 0 spiro atoms. The van der Waals surface area contributed by atoms with Crippen LogP contribution in [0, 0.1) is 0 Å². The third kappa shape index (κ3) is 4.79.